The van der Waals surface area contributed by atoms with Crippen molar-refractivity contribution in [1.29, 1.82) is 0 Å². The van der Waals surface area contributed by atoms with Crippen LogP contribution in [0.1, 0.15) is 25.5 Å². The molecule has 1 aromatic heterocycles. The van der Waals surface area contributed by atoms with E-state index in [0.717, 1.165) is 12.8 Å². The van der Waals surface area contributed by atoms with Crippen molar-refractivity contribution in [3.63, 3.8) is 0 Å². The summed E-state index contributed by atoms with van der Waals surface area (Å²) < 4.78 is 0. The minimum Gasteiger partial charge on any atom is -0.388 e. The second kappa shape index (κ2) is 7.35. The molecule has 0 spiro atoms. The van der Waals surface area contributed by atoms with E-state index < -0.39 is 11.9 Å². The van der Waals surface area contributed by atoms with Crippen molar-refractivity contribution < 1.29 is 14.4 Å². The summed E-state index contributed by atoms with van der Waals surface area (Å²) in [5, 5.41) is 8.97. The van der Waals surface area contributed by atoms with Gasteiger partial charge in [-0.25, -0.2) is 4.98 Å². The van der Waals surface area contributed by atoms with Gasteiger partial charge in [-0.1, -0.05) is 17.3 Å². The van der Waals surface area contributed by atoms with Crippen LogP contribution in [0.5, 0.6) is 0 Å². The molecule has 0 radical (unpaired) electrons. The van der Waals surface area contributed by atoms with E-state index in [1.165, 1.54) is 11.3 Å². The summed E-state index contributed by atoms with van der Waals surface area (Å²) in [6, 6.07) is -0.595. The number of nitrogens with two attached hydrogens (primary N) is 1. The minimum atomic E-state index is -0.595. The highest BCUT2D eigenvalue weighted by Gasteiger charge is 2.49. The number of allylic oxidation sites excluding steroid dienone is 1. The molecule has 1 aromatic rings. The van der Waals surface area contributed by atoms with E-state index in [4.69, 9.17) is 10.6 Å². The van der Waals surface area contributed by atoms with Gasteiger partial charge < -0.3 is 20.8 Å². The lowest BCUT2D eigenvalue weighted by atomic mass is 10.1. The number of rotatable bonds is 5. The molecule has 3 aliphatic rings. The zero-order chi connectivity index (χ0) is 19.0. The molecule has 0 bridgehead atoms. The molecular weight excluding hydrogens is 386 g/mol. The van der Waals surface area contributed by atoms with Crippen LogP contribution in [0.4, 0.5) is 5.13 Å². The molecule has 1 fully saturated rings. The van der Waals surface area contributed by atoms with Gasteiger partial charge >= 0.3 is 0 Å². The van der Waals surface area contributed by atoms with Gasteiger partial charge in [-0.15, -0.1) is 23.1 Å². The molecule has 3 heterocycles. The summed E-state index contributed by atoms with van der Waals surface area (Å²) in [5.74, 6) is -0.635. The first-order valence-electron chi connectivity index (χ1n) is 8.61. The highest BCUT2D eigenvalue weighted by Crippen LogP contribution is 2.37. The number of oxime groups is 1. The highest BCUT2D eigenvalue weighted by molar-refractivity contribution is 8.00. The topological polar surface area (TPSA) is 110 Å². The van der Waals surface area contributed by atoms with Gasteiger partial charge in [0.2, 0.25) is 0 Å². The van der Waals surface area contributed by atoms with Crippen LogP contribution in [0.25, 0.3) is 0 Å². The van der Waals surface area contributed by atoms with Gasteiger partial charge in [-0.05, 0) is 25.8 Å². The maximum Gasteiger partial charge on any atom is 0.276 e. The third kappa shape index (κ3) is 3.59. The fourth-order valence-electron chi connectivity index (χ4n) is 3.02. The van der Waals surface area contributed by atoms with Gasteiger partial charge in [0, 0.05) is 16.8 Å². The number of hydrogen-bond donors (Lipinski definition) is 2. The van der Waals surface area contributed by atoms with Gasteiger partial charge in [0.05, 0.1) is 0 Å². The molecule has 27 heavy (non-hydrogen) atoms. The number of nitrogens with one attached hydrogen (secondary N) is 1. The Balaban J connectivity index is 1.50. The Morgan fingerprint density at radius 1 is 1.48 bits per heavy atom. The molecule has 2 aliphatic heterocycles. The molecule has 4 atom stereocenters. The van der Waals surface area contributed by atoms with Gasteiger partial charge in [0.15, 0.2) is 10.8 Å². The molecule has 3 unspecified atom stereocenters. The molecule has 0 aromatic carbocycles. The van der Waals surface area contributed by atoms with Crippen molar-refractivity contribution in [3.05, 3.63) is 35.5 Å². The van der Waals surface area contributed by atoms with E-state index in [1.807, 2.05) is 25.2 Å². The molecule has 8 nitrogen and oxygen atoms in total. The number of thiazole rings is 1. The monoisotopic (exact) mass is 405 g/mol. The number of thioether (sulfide) groups is 1. The predicted octanol–water partition coefficient (Wildman–Crippen LogP) is 1.47. The van der Waals surface area contributed by atoms with Crippen molar-refractivity contribution in [2.45, 2.75) is 42.5 Å². The summed E-state index contributed by atoms with van der Waals surface area (Å²) in [6.07, 6.45) is 9.24. The van der Waals surface area contributed by atoms with E-state index in [9.17, 15) is 9.59 Å². The van der Waals surface area contributed by atoms with Crippen LogP contribution in [-0.2, 0) is 14.4 Å². The van der Waals surface area contributed by atoms with Crippen LogP contribution in [0.3, 0.4) is 0 Å². The molecule has 10 heteroatoms. The van der Waals surface area contributed by atoms with Crippen LogP contribution in [0, 0.1) is 0 Å². The smallest absolute Gasteiger partial charge is 0.276 e. The van der Waals surface area contributed by atoms with E-state index in [2.05, 4.69) is 15.5 Å². The molecule has 142 valence electrons. The largest absolute Gasteiger partial charge is 0.388 e. The van der Waals surface area contributed by atoms with E-state index in [1.54, 1.807) is 28.2 Å². The Morgan fingerprint density at radius 2 is 2.33 bits per heavy atom. The third-order valence-electron chi connectivity index (χ3n) is 4.47. The van der Waals surface area contributed by atoms with Crippen molar-refractivity contribution in [2.75, 3.05) is 5.73 Å². The summed E-state index contributed by atoms with van der Waals surface area (Å²) in [5.41, 5.74) is 6.06. The number of carbonyl (C=O) groups excluding carboxylic acids is 2. The van der Waals surface area contributed by atoms with Crippen LogP contribution in [0.15, 0.2) is 35.0 Å². The number of anilines is 1. The first kappa shape index (κ1) is 18.1. The van der Waals surface area contributed by atoms with Crippen LogP contribution < -0.4 is 11.1 Å². The molecule has 3 N–H and O–H groups in total. The molecule has 2 amide bonds. The number of aromatic nitrogens is 1. The van der Waals surface area contributed by atoms with Gasteiger partial charge in [-0.3, -0.25) is 9.59 Å². The second-order valence-corrected chi connectivity index (χ2v) is 8.82. The third-order valence-corrected chi connectivity index (χ3v) is 6.50. The Labute approximate surface area is 164 Å². The number of β-lactam (4-membered cyclic amide) rings is 1. The fraction of sp³-hybridized carbons (Fsp3) is 0.412. The lowest BCUT2D eigenvalue weighted by Gasteiger charge is -2.47. The van der Waals surface area contributed by atoms with Crippen molar-refractivity contribution in [1.82, 2.24) is 15.2 Å². The van der Waals surface area contributed by atoms with E-state index in [0.29, 0.717) is 10.8 Å². The minimum absolute atomic E-state index is 0.0268. The molecule has 1 saturated heterocycles. The SMILES string of the molecule is CC1C=CN2C(=O)C(NC(=O)C(=NOC3C=CCC3)c3csc(N)n3)[C@@H]2S1. The normalized spacial score (nSPS) is 29.4. The maximum atomic E-state index is 12.8. The lowest BCUT2D eigenvalue weighted by molar-refractivity contribution is -0.143. The zero-order valence-corrected chi connectivity index (χ0v) is 16.2. The quantitative estimate of drug-likeness (QED) is 0.332. The van der Waals surface area contributed by atoms with E-state index in [-0.39, 0.29) is 28.3 Å². The molecule has 1 aliphatic carbocycles. The first-order chi connectivity index (χ1) is 13.0. The predicted molar refractivity (Wildman–Crippen MR) is 105 cm³/mol. The van der Waals surface area contributed by atoms with Crippen LogP contribution >= 0.6 is 23.1 Å². The summed E-state index contributed by atoms with van der Waals surface area (Å²) in [4.78, 5) is 36.4. The van der Waals surface area contributed by atoms with Crippen LogP contribution in [-0.4, -0.2) is 50.2 Å². The Morgan fingerprint density at radius 3 is 3.04 bits per heavy atom. The molecule has 0 saturated carbocycles. The number of carbonyl (C=O) groups is 2. The van der Waals surface area contributed by atoms with Crippen molar-refractivity contribution >= 4 is 45.8 Å². The number of hydrogen-bond acceptors (Lipinski definition) is 8. The first-order valence-corrected chi connectivity index (χ1v) is 10.4. The standard InChI is InChI=1S/C17H19N5O3S2/c1-9-6-7-22-15(24)13(16(22)27-9)20-14(23)12(11-8-26-17(18)19-11)21-25-10-4-2-3-5-10/h2,4,6-10,13,16H,3,5H2,1H3,(H2,18,19)(H,20,23)/t9?,10?,13?,16-/m0/s1. The Bertz CT molecular complexity index is 849. The molecule has 4 rings (SSSR count). The molecular formula is C17H19N5O3S2. The van der Waals surface area contributed by atoms with Gasteiger partial charge in [-0.2, -0.15) is 0 Å². The number of nitrogens with zero attached hydrogens (tertiary/aromatic N) is 3. The Kier molecular flexibility index (Phi) is 4.92. The number of amides is 2. The highest BCUT2D eigenvalue weighted by atomic mass is 32.2. The van der Waals surface area contributed by atoms with E-state index >= 15 is 0 Å². The second-order valence-electron chi connectivity index (χ2n) is 6.43. The summed E-state index contributed by atoms with van der Waals surface area (Å²) in [6.45, 7) is 2.05. The average molecular weight is 406 g/mol. The summed E-state index contributed by atoms with van der Waals surface area (Å²) in [7, 11) is 0. The lowest BCUT2D eigenvalue weighted by Crippen LogP contribution is -2.69. The van der Waals surface area contributed by atoms with Crippen molar-refractivity contribution in [2.24, 2.45) is 5.16 Å². The van der Waals surface area contributed by atoms with Gasteiger partial charge in [0.1, 0.15) is 23.2 Å². The summed E-state index contributed by atoms with van der Waals surface area (Å²) >= 11 is 2.84. The Hall–Kier alpha value is -2.33. The fourth-order valence-corrected chi connectivity index (χ4v) is 4.82. The van der Waals surface area contributed by atoms with Gasteiger partial charge in [0.25, 0.3) is 11.8 Å². The average Bonchev–Trinajstić information content (AvgIpc) is 3.31. The van der Waals surface area contributed by atoms with Crippen LogP contribution in [0.2, 0.25) is 0 Å². The maximum absolute atomic E-state index is 12.8. The number of fused-ring (bicyclic) bond motifs is 1. The van der Waals surface area contributed by atoms with Crippen molar-refractivity contribution in [3.8, 4) is 0 Å². The number of nitrogen functional groups attached to an aromatic ring is 1. The zero-order valence-electron chi connectivity index (χ0n) is 14.6.